The number of piperazine rings is 1. The van der Waals surface area contributed by atoms with Gasteiger partial charge in [-0.05, 0) is 36.6 Å². The Morgan fingerprint density at radius 2 is 1.73 bits per heavy atom. The predicted molar refractivity (Wildman–Crippen MR) is 118 cm³/mol. The molecule has 0 radical (unpaired) electrons. The monoisotopic (exact) mass is 403 g/mol. The Morgan fingerprint density at radius 1 is 0.967 bits per heavy atom. The zero-order valence-electron chi connectivity index (χ0n) is 17.3. The fraction of sp³-hybridized carbons (Fsp3) is 0.435. The van der Waals surface area contributed by atoms with E-state index >= 15 is 0 Å². The van der Waals surface area contributed by atoms with Gasteiger partial charge in [-0.1, -0.05) is 30.3 Å². The molecule has 0 spiro atoms. The van der Waals surface area contributed by atoms with Gasteiger partial charge in [-0.3, -0.25) is 9.47 Å². The number of fused-ring (bicyclic) bond motifs is 1. The van der Waals surface area contributed by atoms with Crippen molar-refractivity contribution < 1.29 is 0 Å². The van der Waals surface area contributed by atoms with Crippen LogP contribution in [0.25, 0.3) is 5.82 Å². The number of nitrogens with one attached hydrogen (secondary N) is 1. The Morgan fingerprint density at radius 3 is 2.53 bits per heavy atom. The third-order valence-corrected chi connectivity index (χ3v) is 6.32. The number of hydrogen-bond donors (Lipinski definition) is 1. The quantitative estimate of drug-likeness (QED) is 0.655. The van der Waals surface area contributed by atoms with Crippen LogP contribution in [-0.2, 0) is 6.54 Å². The number of hydrogen-bond acceptors (Lipinski definition) is 6. The molecule has 3 aromatic rings. The highest BCUT2D eigenvalue weighted by Crippen LogP contribution is 2.34. The number of pyridine rings is 1. The molecule has 2 aliphatic rings. The molecule has 7 heteroatoms. The van der Waals surface area contributed by atoms with Crippen molar-refractivity contribution in [2.24, 2.45) is 0 Å². The lowest BCUT2D eigenvalue weighted by Gasteiger charge is -2.34. The molecule has 1 unspecified atom stereocenters. The molecule has 0 bridgehead atoms. The Labute approximate surface area is 177 Å². The van der Waals surface area contributed by atoms with Gasteiger partial charge < -0.3 is 10.2 Å². The van der Waals surface area contributed by atoms with Crippen molar-refractivity contribution in [2.75, 3.05) is 44.6 Å². The van der Waals surface area contributed by atoms with Crippen molar-refractivity contribution in [1.82, 2.24) is 29.5 Å². The Hall–Kier alpha value is -2.77. The van der Waals surface area contributed by atoms with E-state index in [2.05, 4.69) is 66.7 Å². The summed E-state index contributed by atoms with van der Waals surface area (Å²) in [5.74, 6) is 1.44. The van der Waals surface area contributed by atoms with Gasteiger partial charge in [0.15, 0.2) is 0 Å². The van der Waals surface area contributed by atoms with E-state index in [4.69, 9.17) is 0 Å². The number of anilines is 1. The largest absolute Gasteiger partial charge is 0.383 e. The van der Waals surface area contributed by atoms with Crippen LogP contribution in [0.15, 0.2) is 55.2 Å². The van der Waals surface area contributed by atoms with Crippen molar-refractivity contribution >= 4 is 5.69 Å². The first-order valence-corrected chi connectivity index (χ1v) is 10.9. The summed E-state index contributed by atoms with van der Waals surface area (Å²) in [6.45, 7) is 7.94. The van der Waals surface area contributed by atoms with Crippen LogP contribution in [0.5, 0.6) is 0 Å². The van der Waals surface area contributed by atoms with E-state index in [1.165, 1.54) is 49.3 Å². The summed E-state index contributed by atoms with van der Waals surface area (Å²) in [6, 6.07) is 13.0. The average molecular weight is 404 g/mol. The maximum Gasteiger partial charge on any atom is 0.139 e. The molecule has 1 saturated heterocycles. The summed E-state index contributed by atoms with van der Waals surface area (Å²) in [4.78, 5) is 9.72. The zero-order valence-corrected chi connectivity index (χ0v) is 17.3. The van der Waals surface area contributed by atoms with Gasteiger partial charge in [0, 0.05) is 45.2 Å². The molecule has 0 amide bonds. The van der Waals surface area contributed by atoms with E-state index in [0.29, 0.717) is 5.92 Å². The van der Waals surface area contributed by atoms with E-state index in [0.717, 1.165) is 32.0 Å². The van der Waals surface area contributed by atoms with Crippen LogP contribution in [0.1, 0.15) is 29.9 Å². The van der Waals surface area contributed by atoms with Gasteiger partial charge in [0.05, 0.1) is 11.9 Å². The maximum absolute atomic E-state index is 4.53. The van der Waals surface area contributed by atoms with Crippen LogP contribution < -0.4 is 5.32 Å². The van der Waals surface area contributed by atoms with E-state index in [9.17, 15) is 0 Å². The number of rotatable bonds is 7. The van der Waals surface area contributed by atoms with Gasteiger partial charge in [-0.15, -0.1) is 10.2 Å². The molecule has 4 heterocycles. The number of nitrogens with zero attached hydrogens (tertiary/aromatic N) is 6. The summed E-state index contributed by atoms with van der Waals surface area (Å²) in [6.07, 6.45) is 7.77. The third kappa shape index (κ3) is 4.37. The minimum Gasteiger partial charge on any atom is -0.383 e. The maximum atomic E-state index is 4.53. The third-order valence-electron chi connectivity index (χ3n) is 6.32. The summed E-state index contributed by atoms with van der Waals surface area (Å²) in [5, 5.41) is 11.3. The first-order valence-electron chi connectivity index (χ1n) is 10.9. The minimum atomic E-state index is 0.553. The van der Waals surface area contributed by atoms with Crippen molar-refractivity contribution in [1.29, 1.82) is 0 Å². The van der Waals surface area contributed by atoms with Crippen LogP contribution in [0, 0.1) is 0 Å². The van der Waals surface area contributed by atoms with Gasteiger partial charge in [-0.25, -0.2) is 4.98 Å². The molecule has 7 nitrogen and oxygen atoms in total. The highest BCUT2D eigenvalue weighted by atomic mass is 15.3. The lowest BCUT2D eigenvalue weighted by atomic mass is 9.97. The molecule has 1 atom stereocenters. The SMILES string of the molecule is c1ccc(CN2CCN(CCCC3CNc4cnc(-n5cnnc5)cc43)CC2)cc1. The van der Waals surface area contributed by atoms with Gasteiger partial charge in [-0.2, -0.15) is 0 Å². The fourth-order valence-electron chi connectivity index (χ4n) is 4.58. The van der Waals surface area contributed by atoms with Crippen LogP contribution in [0.2, 0.25) is 0 Å². The minimum absolute atomic E-state index is 0.553. The second kappa shape index (κ2) is 8.93. The summed E-state index contributed by atoms with van der Waals surface area (Å²) >= 11 is 0. The van der Waals surface area contributed by atoms with Gasteiger partial charge in [0.2, 0.25) is 0 Å². The first-order chi connectivity index (χ1) is 14.8. The van der Waals surface area contributed by atoms with Crippen LogP contribution in [0.3, 0.4) is 0 Å². The molecule has 1 aromatic carbocycles. The highest BCUT2D eigenvalue weighted by molar-refractivity contribution is 5.58. The average Bonchev–Trinajstić information content (AvgIpc) is 3.46. The van der Waals surface area contributed by atoms with Gasteiger partial charge in [0.25, 0.3) is 0 Å². The lowest BCUT2D eigenvalue weighted by Crippen LogP contribution is -2.46. The second-order valence-corrected chi connectivity index (χ2v) is 8.32. The van der Waals surface area contributed by atoms with Gasteiger partial charge in [0.1, 0.15) is 18.5 Å². The standard InChI is InChI=1S/C23H29N7/c1-2-5-19(6-3-1)16-29-11-9-28(10-12-29)8-4-7-20-14-24-22-15-25-23(13-21(20)22)30-17-26-27-18-30/h1-3,5-6,13,15,17-18,20,24H,4,7-12,14,16H2. The predicted octanol–water partition coefficient (Wildman–Crippen LogP) is 2.77. The molecule has 0 saturated carbocycles. The van der Waals surface area contributed by atoms with Crippen molar-refractivity contribution in [2.45, 2.75) is 25.3 Å². The highest BCUT2D eigenvalue weighted by Gasteiger charge is 2.24. The first kappa shape index (κ1) is 19.2. The van der Waals surface area contributed by atoms with Crippen molar-refractivity contribution in [3.8, 4) is 5.82 Å². The normalized spacial score (nSPS) is 19.5. The topological polar surface area (TPSA) is 62.1 Å². The molecule has 0 aliphatic carbocycles. The molecule has 1 fully saturated rings. The van der Waals surface area contributed by atoms with Gasteiger partial charge >= 0.3 is 0 Å². The van der Waals surface area contributed by atoms with E-state index in [1.807, 2.05) is 10.8 Å². The van der Waals surface area contributed by atoms with Crippen LogP contribution in [-0.4, -0.2) is 68.8 Å². The molecule has 30 heavy (non-hydrogen) atoms. The Bertz CT molecular complexity index is 933. The number of benzene rings is 1. The van der Waals surface area contributed by atoms with E-state index < -0.39 is 0 Å². The Kier molecular flexibility index (Phi) is 5.72. The molecule has 2 aliphatic heterocycles. The van der Waals surface area contributed by atoms with Crippen LogP contribution in [0.4, 0.5) is 5.69 Å². The summed E-state index contributed by atoms with van der Waals surface area (Å²) in [5.41, 5.74) is 3.96. The molecular weight excluding hydrogens is 374 g/mol. The number of aromatic nitrogens is 4. The second-order valence-electron chi connectivity index (χ2n) is 8.32. The van der Waals surface area contributed by atoms with E-state index in [-0.39, 0.29) is 0 Å². The summed E-state index contributed by atoms with van der Waals surface area (Å²) in [7, 11) is 0. The summed E-state index contributed by atoms with van der Waals surface area (Å²) < 4.78 is 1.87. The molecule has 2 aromatic heterocycles. The smallest absolute Gasteiger partial charge is 0.139 e. The van der Waals surface area contributed by atoms with E-state index in [1.54, 1.807) is 12.7 Å². The fourth-order valence-corrected chi connectivity index (χ4v) is 4.58. The van der Waals surface area contributed by atoms with Crippen LogP contribution >= 0.6 is 0 Å². The Balaban J connectivity index is 1.09. The van der Waals surface area contributed by atoms with Crippen molar-refractivity contribution in [3.05, 3.63) is 66.4 Å². The molecule has 5 rings (SSSR count). The zero-order chi connectivity index (χ0) is 20.2. The molecule has 1 N–H and O–H groups in total. The lowest BCUT2D eigenvalue weighted by molar-refractivity contribution is 0.125. The van der Waals surface area contributed by atoms with Crippen molar-refractivity contribution in [3.63, 3.8) is 0 Å². The molecule has 156 valence electrons. The molecular formula is C23H29N7.